The van der Waals surface area contributed by atoms with E-state index in [4.69, 9.17) is 10.5 Å². The summed E-state index contributed by atoms with van der Waals surface area (Å²) in [5.41, 5.74) is 10.9. The van der Waals surface area contributed by atoms with Gasteiger partial charge in [-0.25, -0.2) is 14.2 Å². The number of fused-ring (bicyclic) bond motifs is 3. The second-order valence-corrected chi connectivity index (χ2v) is 6.90. The summed E-state index contributed by atoms with van der Waals surface area (Å²) < 4.78 is 18.4. The van der Waals surface area contributed by atoms with Gasteiger partial charge in [0.1, 0.15) is 18.1 Å². The van der Waals surface area contributed by atoms with Gasteiger partial charge >= 0.3 is 6.09 Å². The second-order valence-electron chi connectivity index (χ2n) is 6.90. The molecule has 0 saturated carbocycles. The number of nitrogens with zero attached hydrogens (tertiary/aromatic N) is 1. The Hall–Kier alpha value is -3.85. The quantitative estimate of drug-likeness (QED) is 0.510. The SMILES string of the molecule is Nc1cc(F)cnc1C#CCCNC(=O)OCC1c2ccccc2-c2ccccc21. The van der Waals surface area contributed by atoms with Crippen LogP contribution < -0.4 is 11.1 Å². The number of alkyl carbamates (subject to hydrolysis) is 1. The highest BCUT2D eigenvalue weighted by Crippen LogP contribution is 2.44. The predicted molar refractivity (Wildman–Crippen MR) is 113 cm³/mol. The Morgan fingerprint density at radius 3 is 2.47 bits per heavy atom. The lowest BCUT2D eigenvalue weighted by molar-refractivity contribution is 0.143. The van der Waals surface area contributed by atoms with Crippen LogP contribution in [0, 0.1) is 17.7 Å². The van der Waals surface area contributed by atoms with Crippen molar-refractivity contribution in [2.75, 3.05) is 18.9 Å². The Bertz CT molecular complexity index is 1100. The molecule has 3 aromatic rings. The Morgan fingerprint density at radius 1 is 1.13 bits per heavy atom. The predicted octanol–water partition coefficient (Wildman–Crippen LogP) is 4.08. The Kier molecular flexibility index (Phi) is 5.62. The molecule has 0 fully saturated rings. The lowest BCUT2D eigenvalue weighted by Gasteiger charge is -2.14. The molecule has 1 aromatic heterocycles. The molecule has 3 N–H and O–H groups in total. The van der Waals surface area contributed by atoms with Crippen LogP contribution >= 0.6 is 0 Å². The Labute approximate surface area is 174 Å². The van der Waals surface area contributed by atoms with Crippen LogP contribution in [0.15, 0.2) is 60.8 Å². The summed E-state index contributed by atoms with van der Waals surface area (Å²) in [6, 6.07) is 17.5. The van der Waals surface area contributed by atoms with Crippen LogP contribution in [0.25, 0.3) is 11.1 Å². The first-order chi connectivity index (χ1) is 14.6. The van der Waals surface area contributed by atoms with Gasteiger partial charge in [0.05, 0.1) is 11.9 Å². The molecule has 1 amide bonds. The highest BCUT2D eigenvalue weighted by Gasteiger charge is 2.28. The zero-order valence-corrected chi connectivity index (χ0v) is 16.2. The summed E-state index contributed by atoms with van der Waals surface area (Å²) in [5, 5.41) is 2.69. The van der Waals surface area contributed by atoms with Crippen molar-refractivity contribution in [3.8, 4) is 23.0 Å². The normalized spacial score (nSPS) is 11.8. The monoisotopic (exact) mass is 401 g/mol. The fourth-order valence-corrected chi connectivity index (χ4v) is 3.58. The van der Waals surface area contributed by atoms with Crippen molar-refractivity contribution in [3.05, 3.63) is 83.4 Å². The van der Waals surface area contributed by atoms with E-state index in [0.29, 0.717) is 18.7 Å². The second kappa shape index (κ2) is 8.66. The zero-order valence-electron chi connectivity index (χ0n) is 16.2. The number of nitrogen functional groups attached to an aromatic ring is 1. The number of rotatable bonds is 4. The summed E-state index contributed by atoms with van der Waals surface area (Å²) >= 11 is 0. The Morgan fingerprint density at radius 2 is 1.80 bits per heavy atom. The van der Waals surface area contributed by atoms with Gasteiger partial charge in [0.2, 0.25) is 0 Å². The maximum Gasteiger partial charge on any atom is 0.407 e. The van der Waals surface area contributed by atoms with Crippen LogP contribution in [0.5, 0.6) is 0 Å². The number of carbonyl (C=O) groups excluding carboxylic acids is 1. The van der Waals surface area contributed by atoms with Crippen molar-refractivity contribution in [3.63, 3.8) is 0 Å². The molecule has 0 radical (unpaired) electrons. The van der Waals surface area contributed by atoms with E-state index in [-0.39, 0.29) is 18.2 Å². The van der Waals surface area contributed by atoms with Gasteiger partial charge in [-0.1, -0.05) is 54.5 Å². The van der Waals surface area contributed by atoms with Crippen molar-refractivity contribution >= 4 is 11.8 Å². The third-order valence-electron chi connectivity index (χ3n) is 4.95. The van der Waals surface area contributed by atoms with E-state index in [1.807, 2.05) is 24.3 Å². The van der Waals surface area contributed by atoms with Gasteiger partial charge in [-0.3, -0.25) is 0 Å². The molecule has 0 aliphatic heterocycles. The smallest absolute Gasteiger partial charge is 0.407 e. The van der Waals surface area contributed by atoms with Crippen molar-refractivity contribution in [1.82, 2.24) is 10.3 Å². The summed E-state index contributed by atoms with van der Waals surface area (Å²) in [5.74, 6) is 5.14. The Balaban J connectivity index is 1.29. The molecule has 1 heterocycles. The minimum atomic E-state index is -0.505. The largest absolute Gasteiger partial charge is 0.449 e. The number of hydrogen-bond donors (Lipinski definition) is 2. The number of carbonyl (C=O) groups is 1. The highest BCUT2D eigenvalue weighted by molar-refractivity contribution is 5.79. The third-order valence-corrected chi connectivity index (χ3v) is 4.95. The van der Waals surface area contributed by atoms with Gasteiger partial charge < -0.3 is 15.8 Å². The number of amides is 1. The van der Waals surface area contributed by atoms with Crippen LogP contribution in [0.3, 0.4) is 0 Å². The van der Waals surface area contributed by atoms with Gasteiger partial charge in [-0.15, -0.1) is 0 Å². The van der Waals surface area contributed by atoms with Crippen LogP contribution in [-0.2, 0) is 4.74 Å². The van der Waals surface area contributed by atoms with Crippen molar-refractivity contribution < 1.29 is 13.9 Å². The van der Waals surface area contributed by atoms with E-state index in [1.165, 1.54) is 28.3 Å². The fourth-order valence-electron chi connectivity index (χ4n) is 3.58. The van der Waals surface area contributed by atoms with Gasteiger partial charge in [-0.2, -0.15) is 0 Å². The van der Waals surface area contributed by atoms with E-state index in [0.717, 1.165) is 6.20 Å². The maximum atomic E-state index is 13.0. The average Bonchev–Trinajstić information content (AvgIpc) is 3.07. The molecule has 0 saturated heterocycles. The summed E-state index contributed by atoms with van der Waals surface area (Å²) in [7, 11) is 0. The number of halogens is 1. The number of ether oxygens (including phenoxy) is 1. The number of hydrogen-bond acceptors (Lipinski definition) is 4. The minimum Gasteiger partial charge on any atom is -0.449 e. The van der Waals surface area contributed by atoms with Crippen molar-refractivity contribution in [2.45, 2.75) is 12.3 Å². The van der Waals surface area contributed by atoms with E-state index in [1.54, 1.807) is 0 Å². The molecule has 6 heteroatoms. The fraction of sp³-hybridized carbons (Fsp3) is 0.167. The molecule has 0 spiro atoms. The summed E-state index contributed by atoms with van der Waals surface area (Å²) in [6.45, 7) is 0.590. The standard InChI is InChI=1S/C24H20FN3O2/c25-16-13-22(26)23(28-14-16)11-5-6-12-27-24(29)30-15-21-19-9-3-1-7-17(19)18-8-2-4-10-20(18)21/h1-4,7-10,13-14,21H,6,12,15,26H2,(H,27,29). The van der Waals surface area contributed by atoms with Gasteiger partial charge in [-0.05, 0) is 28.2 Å². The van der Waals surface area contributed by atoms with Gasteiger partial charge in [0.25, 0.3) is 0 Å². The molecule has 1 aliphatic rings. The zero-order chi connectivity index (χ0) is 20.9. The molecule has 0 atom stereocenters. The molecular weight excluding hydrogens is 381 g/mol. The molecule has 4 rings (SSSR count). The molecule has 0 unspecified atom stereocenters. The van der Waals surface area contributed by atoms with Crippen molar-refractivity contribution in [2.24, 2.45) is 0 Å². The molecular formula is C24H20FN3O2. The number of anilines is 1. The molecule has 1 aliphatic carbocycles. The molecule has 5 nitrogen and oxygen atoms in total. The molecule has 30 heavy (non-hydrogen) atoms. The van der Waals surface area contributed by atoms with Crippen molar-refractivity contribution in [1.29, 1.82) is 0 Å². The summed E-state index contributed by atoms with van der Waals surface area (Å²) in [4.78, 5) is 15.9. The topological polar surface area (TPSA) is 77.2 Å². The van der Waals surface area contributed by atoms with Crippen LogP contribution in [0.4, 0.5) is 14.9 Å². The molecule has 150 valence electrons. The number of pyridine rings is 1. The van der Waals surface area contributed by atoms with Crippen LogP contribution in [0.1, 0.15) is 29.2 Å². The lowest BCUT2D eigenvalue weighted by atomic mass is 9.98. The molecule has 2 aromatic carbocycles. The number of benzene rings is 2. The number of nitrogens with two attached hydrogens (primary N) is 1. The van der Waals surface area contributed by atoms with Crippen LogP contribution in [-0.4, -0.2) is 24.2 Å². The average molecular weight is 401 g/mol. The number of nitrogens with one attached hydrogen (secondary N) is 1. The van der Waals surface area contributed by atoms with E-state index in [9.17, 15) is 9.18 Å². The molecule has 0 bridgehead atoms. The highest BCUT2D eigenvalue weighted by atomic mass is 19.1. The van der Waals surface area contributed by atoms with Crippen LogP contribution in [0.2, 0.25) is 0 Å². The van der Waals surface area contributed by atoms with Gasteiger partial charge in [0.15, 0.2) is 0 Å². The van der Waals surface area contributed by atoms with Gasteiger partial charge in [0, 0.05) is 24.9 Å². The first kappa shape index (κ1) is 19.5. The van der Waals surface area contributed by atoms with E-state index < -0.39 is 11.9 Å². The first-order valence-corrected chi connectivity index (χ1v) is 9.62. The number of aromatic nitrogens is 1. The first-order valence-electron chi connectivity index (χ1n) is 9.62. The van der Waals surface area contributed by atoms with E-state index >= 15 is 0 Å². The summed E-state index contributed by atoms with van der Waals surface area (Å²) in [6.07, 6.45) is 0.968. The maximum absolute atomic E-state index is 13.0. The minimum absolute atomic E-state index is 0.0236. The van der Waals surface area contributed by atoms with E-state index in [2.05, 4.69) is 46.4 Å². The third kappa shape index (κ3) is 4.11. The lowest BCUT2D eigenvalue weighted by Crippen LogP contribution is -2.26.